The van der Waals surface area contributed by atoms with E-state index in [-0.39, 0.29) is 6.73 Å². The highest BCUT2D eigenvalue weighted by molar-refractivity contribution is 5.77. The highest BCUT2D eigenvalue weighted by atomic mass is 16.6. The number of carbonyl (C=O) groups is 2. The quantitative estimate of drug-likeness (QED) is 0.209. The molecule has 0 aliphatic rings. The third kappa shape index (κ3) is 6.98. The number of carboxylic acids is 1. The number of aliphatic carboxylic acids is 1. The van der Waals surface area contributed by atoms with Gasteiger partial charge in [-0.05, 0) is 63.4 Å². The molecule has 38 heavy (non-hydrogen) atoms. The van der Waals surface area contributed by atoms with Crippen LogP contribution in [0.4, 0.5) is 4.79 Å². The predicted molar refractivity (Wildman–Crippen MR) is 143 cm³/mol. The lowest BCUT2D eigenvalue weighted by molar-refractivity contribution is -0.152. The van der Waals surface area contributed by atoms with Crippen molar-refractivity contribution in [1.82, 2.24) is 14.9 Å². The second kappa shape index (κ2) is 11.9. The van der Waals surface area contributed by atoms with Gasteiger partial charge >= 0.3 is 12.1 Å². The summed E-state index contributed by atoms with van der Waals surface area (Å²) in [4.78, 5) is 30.4. The molecule has 0 atom stereocenters. The molecular weight excluding hydrogens is 488 g/mol. The lowest BCUT2D eigenvalue weighted by Crippen LogP contribution is -2.38. The van der Waals surface area contributed by atoms with Crippen LogP contribution in [-0.2, 0) is 22.6 Å². The molecule has 1 amide bonds. The van der Waals surface area contributed by atoms with E-state index in [4.69, 9.17) is 13.9 Å². The molecular formula is C28H34N4O6. The van der Waals surface area contributed by atoms with Crippen LogP contribution in [0.15, 0.2) is 52.0 Å². The summed E-state index contributed by atoms with van der Waals surface area (Å²) in [7, 11) is 1.46. The van der Waals surface area contributed by atoms with E-state index in [2.05, 4.69) is 16.8 Å². The number of aromatic nitrogens is 1. The zero-order valence-electron chi connectivity index (χ0n) is 22.6. The number of nitrogens with zero attached hydrogens (tertiary/aromatic N) is 4. The van der Waals surface area contributed by atoms with Crippen molar-refractivity contribution in [2.75, 3.05) is 13.8 Å². The van der Waals surface area contributed by atoms with Gasteiger partial charge in [0.2, 0.25) is 5.89 Å². The number of rotatable bonds is 11. The zero-order valence-corrected chi connectivity index (χ0v) is 22.6. The first kappa shape index (κ1) is 28.4. The van der Waals surface area contributed by atoms with Crippen molar-refractivity contribution < 1.29 is 28.6 Å². The average Bonchev–Trinajstić information content (AvgIpc) is 3.24. The largest absolute Gasteiger partial charge is 0.478 e. The predicted octanol–water partition coefficient (Wildman–Crippen LogP) is 5.15. The van der Waals surface area contributed by atoms with E-state index in [9.17, 15) is 14.7 Å². The van der Waals surface area contributed by atoms with E-state index >= 15 is 0 Å². The van der Waals surface area contributed by atoms with Crippen molar-refractivity contribution >= 4 is 18.8 Å². The average molecular weight is 523 g/mol. The van der Waals surface area contributed by atoms with Crippen LogP contribution < -0.4 is 4.74 Å². The van der Waals surface area contributed by atoms with Gasteiger partial charge < -0.3 is 19.0 Å². The molecule has 0 spiro atoms. The molecule has 3 rings (SSSR count). The second-order valence-corrected chi connectivity index (χ2v) is 9.56. The molecule has 10 nitrogen and oxygen atoms in total. The van der Waals surface area contributed by atoms with E-state index in [1.54, 1.807) is 0 Å². The minimum absolute atomic E-state index is 0.0337. The standard InChI is InChI=1S/C28H34N4O6/c1-18-13-21(14-19(2)24(18)38-28(4,5)26(33)34)15-32(17-36-27(35)31(7)29-6)16-23-20(3)37-25(30-23)22-11-9-8-10-12-22/h8-14H,6,15-17H2,1-5,7H3,(H,33,34). The van der Waals surface area contributed by atoms with Gasteiger partial charge in [0.15, 0.2) is 5.60 Å². The molecule has 1 aromatic heterocycles. The molecule has 0 radical (unpaired) electrons. The van der Waals surface area contributed by atoms with Crippen LogP contribution in [0.5, 0.6) is 5.75 Å². The molecule has 10 heteroatoms. The summed E-state index contributed by atoms with van der Waals surface area (Å²) in [5.41, 5.74) is 2.73. The number of hydrogen-bond donors (Lipinski definition) is 1. The molecule has 0 fully saturated rings. The Bertz CT molecular complexity index is 1280. The molecule has 0 bridgehead atoms. The van der Waals surface area contributed by atoms with E-state index in [0.29, 0.717) is 36.2 Å². The summed E-state index contributed by atoms with van der Waals surface area (Å²) in [6, 6.07) is 13.5. The van der Waals surface area contributed by atoms with Crippen LogP contribution in [-0.4, -0.2) is 58.2 Å². The SMILES string of the molecule is C=NN(C)C(=O)OCN(Cc1cc(C)c(OC(C)(C)C(=O)O)c(C)c1)Cc1nc(-c2ccccc2)oc1C. The number of amides is 1. The molecule has 202 valence electrons. The topological polar surface area (TPSA) is 118 Å². The number of ether oxygens (including phenoxy) is 2. The maximum Gasteiger partial charge on any atom is 0.431 e. The van der Waals surface area contributed by atoms with E-state index in [0.717, 1.165) is 27.3 Å². The number of hydrazone groups is 1. The fraction of sp³-hybridized carbons (Fsp3) is 0.357. The number of carbonyl (C=O) groups excluding carboxylic acids is 1. The monoisotopic (exact) mass is 522 g/mol. The third-order valence-electron chi connectivity index (χ3n) is 5.93. The minimum atomic E-state index is -1.37. The summed E-state index contributed by atoms with van der Waals surface area (Å²) in [6.07, 6.45) is -0.640. The third-order valence-corrected chi connectivity index (χ3v) is 5.93. The fourth-order valence-electron chi connectivity index (χ4n) is 3.78. The smallest absolute Gasteiger partial charge is 0.431 e. The molecule has 2 aromatic carbocycles. The zero-order chi connectivity index (χ0) is 28.0. The molecule has 0 aliphatic carbocycles. The van der Waals surface area contributed by atoms with Gasteiger partial charge in [-0.1, -0.05) is 30.3 Å². The van der Waals surface area contributed by atoms with Crippen molar-refractivity contribution in [3.63, 3.8) is 0 Å². The minimum Gasteiger partial charge on any atom is -0.478 e. The Morgan fingerprint density at radius 2 is 1.74 bits per heavy atom. The number of aryl methyl sites for hydroxylation is 3. The van der Waals surface area contributed by atoms with Gasteiger partial charge in [-0.15, -0.1) is 0 Å². The van der Waals surface area contributed by atoms with Gasteiger partial charge in [-0.25, -0.2) is 19.6 Å². The Morgan fingerprint density at radius 3 is 2.32 bits per heavy atom. The summed E-state index contributed by atoms with van der Waals surface area (Å²) in [5.74, 6) is 0.653. The van der Waals surface area contributed by atoms with Gasteiger partial charge in [0.1, 0.15) is 18.2 Å². The fourth-order valence-corrected chi connectivity index (χ4v) is 3.78. The molecule has 0 saturated heterocycles. The van der Waals surface area contributed by atoms with E-state index in [1.807, 2.05) is 68.1 Å². The lowest BCUT2D eigenvalue weighted by atomic mass is 10.0. The highest BCUT2D eigenvalue weighted by Gasteiger charge is 2.30. The molecule has 0 aliphatic heterocycles. The summed E-state index contributed by atoms with van der Waals surface area (Å²) in [6.45, 7) is 12.7. The molecule has 0 unspecified atom stereocenters. The van der Waals surface area contributed by atoms with Crippen LogP contribution in [0.1, 0.15) is 42.0 Å². The molecule has 1 N–H and O–H groups in total. The molecule has 1 heterocycles. The molecule has 0 saturated carbocycles. The van der Waals surface area contributed by atoms with Gasteiger partial charge in [0.25, 0.3) is 0 Å². The Hall–Kier alpha value is -4.18. The Morgan fingerprint density at radius 1 is 1.11 bits per heavy atom. The van der Waals surface area contributed by atoms with Crippen LogP contribution in [0.3, 0.4) is 0 Å². The van der Waals surface area contributed by atoms with Crippen molar-refractivity contribution in [3.8, 4) is 17.2 Å². The summed E-state index contributed by atoms with van der Waals surface area (Å²) < 4.78 is 17.2. The number of hydrogen-bond acceptors (Lipinski definition) is 8. The van der Waals surface area contributed by atoms with Crippen molar-refractivity contribution in [1.29, 1.82) is 0 Å². The van der Waals surface area contributed by atoms with Crippen molar-refractivity contribution in [2.45, 2.75) is 53.3 Å². The van der Waals surface area contributed by atoms with E-state index in [1.165, 1.54) is 20.9 Å². The van der Waals surface area contributed by atoms with Crippen LogP contribution >= 0.6 is 0 Å². The maximum absolute atomic E-state index is 12.2. The Labute approximate surface area is 222 Å². The maximum atomic E-state index is 12.2. The van der Waals surface area contributed by atoms with Crippen LogP contribution in [0.2, 0.25) is 0 Å². The normalized spacial score (nSPS) is 11.3. The van der Waals surface area contributed by atoms with Gasteiger partial charge in [-0.3, -0.25) is 4.90 Å². The van der Waals surface area contributed by atoms with Gasteiger partial charge in [0.05, 0.1) is 5.69 Å². The first-order chi connectivity index (χ1) is 17.9. The van der Waals surface area contributed by atoms with Crippen molar-refractivity contribution in [2.24, 2.45) is 5.10 Å². The summed E-state index contributed by atoms with van der Waals surface area (Å²) in [5, 5.41) is 14.0. The van der Waals surface area contributed by atoms with Crippen LogP contribution in [0, 0.1) is 20.8 Å². The Kier molecular flexibility index (Phi) is 8.90. The van der Waals surface area contributed by atoms with E-state index < -0.39 is 17.7 Å². The van der Waals surface area contributed by atoms with Crippen molar-refractivity contribution in [3.05, 3.63) is 70.6 Å². The van der Waals surface area contributed by atoms with Gasteiger partial charge in [0, 0.05) is 32.4 Å². The second-order valence-electron chi connectivity index (χ2n) is 9.56. The highest BCUT2D eigenvalue weighted by Crippen LogP contribution is 2.30. The van der Waals surface area contributed by atoms with Crippen LogP contribution in [0.25, 0.3) is 11.5 Å². The summed E-state index contributed by atoms with van der Waals surface area (Å²) >= 11 is 0. The lowest BCUT2D eigenvalue weighted by Gasteiger charge is -2.26. The number of carboxylic acid groups (broad SMARTS) is 1. The first-order valence-electron chi connectivity index (χ1n) is 12.0. The Balaban J connectivity index is 1.86. The van der Waals surface area contributed by atoms with Gasteiger partial charge in [-0.2, -0.15) is 5.10 Å². The number of oxazole rings is 1. The first-order valence-corrected chi connectivity index (χ1v) is 12.0. The number of benzene rings is 2. The molecule has 3 aromatic rings.